The summed E-state index contributed by atoms with van der Waals surface area (Å²) in [5.41, 5.74) is 3.12. The highest BCUT2D eigenvalue weighted by Crippen LogP contribution is 2.14. The van der Waals surface area contributed by atoms with Crippen LogP contribution in [0.25, 0.3) is 11.3 Å². The first-order chi connectivity index (χ1) is 7.18. The third kappa shape index (κ3) is 1.81. The average molecular weight is 200 g/mol. The molecule has 3 nitrogen and oxygen atoms in total. The van der Waals surface area contributed by atoms with E-state index in [1.807, 2.05) is 32.0 Å². The monoisotopic (exact) mass is 200 g/mol. The molecular weight excluding hydrogens is 188 g/mol. The summed E-state index contributed by atoms with van der Waals surface area (Å²) in [5, 5.41) is 0. The molecule has 1 N–H and O–H groups in total. The van der Waals surface area contributed by atoms with Gasteiger partial charge in [-0.1, -0.05) is 6.07 Å². The number of hydrogen-bond acceptors (Lipinski definition) is 2. The van der Waals surface area contributed by atoms with Crippen molar-refractivity contribution in [1.82, 2.24) is 9.97 Å². The number of pyridine rings is 2. The van der Waals surface area contributed by atoms with Gasteiger partial charge in [-0.15, -0.1) is 0 Å². The van der Waals surface area contributed by atoms with Crippen molar-refractivity contribution in [1.29, 1.82) is 0 Å². The summed E-state index contributed by atoms with van der Waals surface area (Å²) in [6.07, 6.45) is 1.69. The second-order valence-corrected chi connectivity index (χ2v) is 3.53. The number of aromatic amines is 1. The molecule has 0 radical (unpaired) electrons. The predicted octanol–water partition coefficient (Wildman–Crippen LogP) is 2.05. The van der Waals surface area contributed by atoms with E-state index in [-0.39, 0.29) is 5.43 Å². The fraction of sp³-hybridized carbons (Fsp3) is 0.167. The Kier molecular flexibility index (Phi) is 2.37. The Morgan fingerprint density at radius 3 is 2.67 bits per heavy atom. The molecule has 0 aliphatic heterocycles. The highest BCUT2D eigenvalue weighted by molar-refractivity contribution is 5.61. The summed E-state index contributed by atoms with van der Waals surface area (Å²) in [7, 11) is 0. The minimum Gasteiger partial charge on any atom is -0.362 e. The Hall–Kier alpha value is -1.90. The minimum absolute atomic E-state index is 0.0162. The molecule has 0 unspecified atom stereocenters. The van der Waals surface area contributed by atoms with E-state index >= 15 is 0 Å². The molecule has 0 saturated carbocycles. The molecule has 3 heteroatoms. The normalized spacial score (nSPS) is 10.3. The molecule has 15 heavy (non-hydrogen) atoms. The van der Waals surface area contributed by atoms with Crippen LogP contribution >= 0.6 is 0 Å². The van der Waals surface area contributed by atoms with E-state index in [9.17, 15) is 4.79 Å². The summed E-state index contributed by atoms with van der Waals surface area (Å²) >= 11 is 0. The van der Waals surface area contributed by atoms with Gasteiger partial charge in [-0.3, -0.25) is 9.78 Å². The SMILES string of the molecule is Cc1cc(=O)c(-c2ccccn2)c(C)[nH]1. The van der Waals surface area contributed by atoms with E-state index in [1.165, 1.54) is 0 Å². The molecule has 2 rings (SSSR count). The molecule has 0 aliphatic rings. The quantitative estimate of drug-likeness (QED) is 0.765. The smallest absolute Gasteiger partial charge is 0.191 e. The first kappa shape index (κ1) is 9.65. The molecule has 0 aromatic carbocycles. The van der Waals surface area contributed by atoms with E-state index in [0.29, 0.717) is 5.56 Å². The number of rotatable bonds is 1. The predicted molar refractivity (Wildman–Crippen MR) is 59.8 cm³/mol. The largest absolute Gasteiger partial charge is 0.362 e. The van der Waals surface area contributed by atoms with Crippen LogP contribution in [0.1, 0.15) is 11.4 Å². The molecule has 2 heterocycles. The van der Waals surface area contributed by atoms with Gasteiger partial charge in [-0.25, -0.2) is 0 Å². The third-order valence-electron chi connectivity index (χ3n) is 2.27. The lowest BCUT2D eigenvalue weighted by Crippen LogP contribution is -2.09. The third-order valence-corrected chi connectivity index (χ3v) is 2.27. The minimum atomic E-state index is 0.0162. The van der Waals surface area contributed by atoms with Gasteiger partial charge in [0.2, 0.25) is 0 Å². The molecule has 0 atom stereocenters. The van der Waals surface area contributed by atoms with Crippen LogP contribution in [-0.4, -0.2) is 9.97 Å². The van der Waals surface area contributed by atoms with Crippen LogP contribution in [0.15, 0.2) is 35.3 Å². The summed E-state index contributed by atoms with van der Waals surface area (Å²) in [6.45, 7) is 3.76. The molecule has 2 aromatic rings. The van der Waals surface area contributed by atoms with E-state index in [2.05, 4.69) is 9.97 Å². The molecule has 0 amide bonds. The van der Waals surface area contributed by atoms with Crippen molar-refractivity contribution >= 4 is 0 Å². The first-order valence-corrected chi connectivity index (χ1v) is 4.80. The number of H-pyrrole nitrogens is 1. The Morgan fingerprint density at radius 2 is 2.07 bits per heavy atom. The van der Waals surface area contributed by atoms with Gasteiger partial charge in [0.15, 0.2) is 5.43 Å². The van der Waals surface area contributed by atoms with Crippen LogP contribution in [0, 0.1) is 13.8 Å². The molecule has 0 aliphatic carbocycles. The highest BCUT2D eigenvalue weighted by atomic mass is 16.1. The van der Waals surface area contributed by atoms with Gasteiger partial charge in [-0.05, 0) is 26.0 Å². The maximum atomic E-state index is 11.8. The fourth-order valence-electron chi connectivity index (χ4n) is 1.68. The highest BCUT2D eigenvalue weighted by Gasteiger charge is 2.07. The van der Waals surface area contributed by atoms with E-state index < -0.39 is 0 Å². The van der Waals surface area contributed by atoms with Gasteiger partial charge in [0.05, 0.1) is 11.3 Å². The number of nitrogens with one attached hydrogen (secondary N) is 1. The zero-order chi connectivity index (χ0) is 10.8. The maximum Gasteiger partial charge on any atom is 0.191 e. The van der Waals surface area contributed by atoms with Crippen LogP contribution in [0.5, 0.6) is 0 Å². The van der Waals surface area contributed by atoms with Crippen molar-refractivity contribution in [3.05, 3.63) is 52.1 Å². The maximum absolute atomic E-state index is 11.8. The zero-order valence-electron chi connectivity index (χ0n) is 8.74. The number of aromatic nitrogens is 2. The molecular formula is C12H12N2O. The fourth-order valence-corrected chi connectivity index (χ4v) is 1.68. The van der Waals surface area contributed by atoms with Gasteiger partial charge < -0.3 is 4.98 Å². The van der Waals surface area contributed by atoms with Crippen LogP contribution in [0.2, 0.25) is 0 Å². The Balaban J connectivity index is 2.69. The van der Waals surface area contributed by atoms with Gasteiger partial charge in [-0.2, -0.15) is 0 Å². The number of hydrogen-bond donors (Lipinski definition) is 1. The lowest BCUT2D eigenvalue weighted by Gasteiger charge is -2.05. The Morgan fingerprint density at radius 1 is 1.27 bits per heavy atom. The van der Waals surface area contributed by atoms with E-state index in [0.717, 1.165) is 17.1 Å². The van der Waals surface area contributed by atoms with Gasteiger partial charge in [0.1, 0.15) is 0 Å². The van der Waals surface area contributed by atoms with Crippen LogP contribution in [0.4, 0.5) is 0 Å². The molecule has 0 fully saturated rings. The molecule has 76 valence electrons. The Bertz CT molecular complexity index is 529. The van der Waals surface area contributed by atoms with Crippen LogP contribution < -0.4 is 5.43 Å². The van der Waals surface area contributed by atoms with Crippen molar-refractivity contribution in [3.8, 4) is 11.3 Å². The summed E-state index contributed by atoms with van der Waals surface area (Å²) in [5.74, 6) is 0. The van der Waals surface area contributed by atoms with Gasteiger partial charge >= 0.3 is 0 Å². The number of aryl methyl sites for hydroxylation is 2. The average Bonchev–Trinajstić information content (AvgIpc) is 2.17. The second kappa shape index (κ2) is 3.69. The number of nitrogens with zero attached hydrogens (tertiary/aromatic N) is 1. The summed E-state index contributed by atoms with van der Waals surface area (Å²) < 4.78 is 0. The molecule has 0 bridgehead atoms. The van der Waals surface area contributed by atoms with Crippen molar-refractivity contribution in [2.24, 2.45) is 0 Å². The van der Waals surface area contributed by atoms with E-state index in [4.69, 9.17) is 0 Å². The second-order valence-electron chi connectivity index (χ2n) is 3.53. The van der Waals surface area contributed by atoms with Crippen molar-refractivity contribution in [2.45, 2.75) is 13.8 Å². The topological polar surface area (TPSA) is 45.8 Å². The van der Waals surface area contributed by atoms with Crippen molar-refractivity contribution < 1.29 is 0 Å². The van der Waals surface area contributed by atoms with Crippen LogP contribution in [-0.2, 0) is 0 Å². The molecule has 2 aromatic heterocycles. The zero-order valence-corrected chi connectivity index (χ0v) is 8.74. The lowest BCUT2D eigenvalue weighted by molar-refractivity contribution is 1.10. The standard InChI is InChI=1S/C12H12N2O/c1-8-7-11(15)12(9(2)14-8)10-5-3-4-6-13-10/h3-7H,1-2H3,(H,14,15). The van der Waals surface area contributed by atoms with Crippen molar-refractivity contribution in [3.63, 3.8) is 0 Å². The first-order valence-electron chi connectivity index (χ1n) is 4.80. The van der Waals surface area contributed by atoms with Gasteiger partial charge in [0, 0.05) is 23.7 Å². The van der Waals surface area contributed by atoms with Gasteiger partial charge in [0.25, 0.3) is 0 Å². The van der Waals surface area contributed by atoms with E-state index in [1.54, 1.807) is 12.3 Å². The van der Waals surface area contributed by atoms with Crippen molar-refractivity contribution in [2.75, 3.05) is 0 Å². The lowest BCUT2D eigenvalue weighted by atomic mass is 10.1. The van der Waals surface area contributed by atoms with Crippen LogP contribution in [0.3, 0.4) is 0 Å². The molecule has 0 spiro atoms. The summed E-state index contributed by atoms with van der Waals surface area (Å²) in [6, 6.07) is 7.15. The molecule has 0 saturated heterocycles. The Labute approximate surface area is 87.8 Å². The summed E-state index contributed by atoms with van der Waals surface area (Å²) in [4.78, 5) is 19.1.